The molecule has 1 spiro atoms. The predicted octanol–water partition coefficient (Wildman–Crippen LogP) is 3.71. The lowest BCUT2D eigenvalue weighted by Crippen LogP contribution is -2.58. The number of aliphatic hydroxyl groups is 1. The summed E-state index contributed by atoms with van der Waals surface area (Å²) < 4.78 is 12.4. The van der Waals surface area contributed by atoms with Crippen molar-refractivity contribution in [2.75, 3.05) is 42.6 Å². The number of likely N-dealkylation sites (tertiary alicyclic amines) is 1. The molecule has 3 aliphatic heterocycles. The number of esters is 1. The molecule has 1 aromatic rings. The van der Waals surface area contributed by atoms with E-state index in [1.165, 1.54) is 4.90 Å². The van der Waals surface area contributed by atoms with Crippen molar-refractivity contribution in [3.63, 3.8) is 0 Å². The molecule has 2 bridgehead atoms. The number of hydrogen-bond acceptors (Lipinski definition) is 7. The van der Waals surface area contributed by atoms with Gasteiger partial charge in [-0.25, -0.2) is 0 Å². The molecular weight excluding hydrogens is 522 g/mol. The molecule has 4 rings (SSSR count). The lowest BCUT2D eigenvalue weighted by molar-refractivity contribution is -0.161. The molecule has 3 fully saturated rings. The SMILES string of the molecule is C=CCCOC(=O)[C@@H]1[C@H]2C(=O)N([C@H](C)CO)C(C(=O)N(CC=C)c3ccc(N(CC)CC)cc3)C23CC[C@@]1(CC)O3. The minimum atomic E-state index is -1.20. The number of rotatable bonds is 14. The standard InChI is InChI=1S/C32H45N3O6/c1-7-12-20-40-30(39)26-25-28(37)35(22(6)21-36)27(32(25)18-17-31(26,9-3)41-32)29(38)34(19-8-2)24-15-13-23(14-16-24)33(10-4)11-5/h7-8,13-16,22,25-27,36H,1-2,9-12,17-21H2,3-6H3/t22-,25+,26+,27?,31-,32?/m1/s1. The molecule has 6 atom stereocenters. The summed E-state index contributed by atoms with van der Waals surface area (Å²) in [6.07, 6.45) is 5.34. The van der Waals surface area contributed by atoms with Gasteiger partial charge in [-0.1, -0.05) is 19.1 Å². The van der Waals surface area contributed by atoms with E-state index in [2.05, 4.69) is 31.9 Å². The van der Waals surface area contributed by atoms with Crippen molar-refractivity contribution < 1.29 is 29.0 Å². The fraction of sp³-hybridized carbons (Fsp3) is 0.594. The Morgan fingerprint density at radius 2 is 1.80 bits per heavy atom. The van der Waals surface area contributed by atoms with Gasteiger partial charge < -0.3 is 29.3 Å². The second-order valence-corrected chi connectivity index (χ2v) is 11.3. The summed E-state index contributed by atoms with van der Waals surface area (Å²) in [5.74, 6) is -2.84. The number of ether oxygens (including phenoxy) is 2. The molecule has 9 heteroatoms. The number of aliphatic hydroxyl groups excluding tert-OH is 1. The normalized spacial score (nSPS) is 28.8. The van der Waals surface area contributed by atoms with E-state index in [1.807, 2.05) is 31.2 Å². The number of nitrogens with zero attached hydrogens (tertiary/aromatic N) is 3. The van der Waals surface area contributed by atoms with E-state index in [4.69, 9.17) is 9.47 Å². The maximum atomic E-state index is 14.6. The monoisotopic (exact) mass is 567 g/mol. The van der Waals surface area contributed by atoms with Gasteiger partial charge in [0.05, 0.1) is 30.8 Å². The molecule has 3 saturated heterocycles. The first-order valence-corrected chi connectivity index (χ1v) is 14.9. The molecular formula is C32H45N3O6. The molecule has 3 aliphatic rings. The van der Waals surface area contributed by atoms with Crippen LogP contribution in [0.15, 0.2) is 49.6 Å². The molecule has 41 heavy (non-hydrogen) atoms. The second kappa shape index (κ2) is 12.4. The zero-order chi connectivity index (χ0) is 29.9. The van der Waals surface area contributed by atoms with Crippen molar-refractivity contribution in [2.45, 2.75) is 76.7 Å². The van der Waals surface area contributed by atoms with E-state index in [9.17, 15) is 19.5 Å². The first kappa shape index (κ1) is 30.8. The Morgan fingerprint density at radius 3 is 2.37 bits per heavy atom. The van der Waals surface area contributed by atoms with Gasteiger partial charge >= 0.3 is 5.97 Å². The Bertz CT molecular complexity index is 1150. The summed E-state index contributed by atoms with van der Waals surface area (Å²) in [7, 11) is 0. The van der Waals surface area contributed by atoms with Gasteiger partial charge in [0.25, 0.3) is 5.91 Å². The molecule has 1 N–H and O–H groups in total. The van der Waals surface area contributed by atoms with Gasteiger partial charge in [0.15, 0.2) is 0 Å². The van der Waals surface area contributed by atoms with Gasteiger partial charge in [0.1, 0.15) is 17.6 Å². The minimum absolute atomic E-state index is 0.169. The molecule has 0 aromatic heterocycles. The van der Waals surface area contributed by atoms with Crippen LogP contribution in [-0.2, 0) is 23.9 Å². The Kier molecular flexibility index (Phi) is 9.29. The van der Waals surface area contributed by atoms with Crippen LogP contribution in [0.25, 0.3) is 0 Å². The quantitative estimate of drug-likeness (QED) is 0.208. The van der Waals surface area contributed by atoms with Crippen LogP contribution in [-0.4, -0.2) is 83.9 Å². The number of hydrogen-bond donors (Lipinski definition) is 1. The summed E-state index contributed by atoms with van der Waals surface area (Å²) >= 11 is 0. The molecule has 0 radical (unpaired) electrons. The number of carbonyl (C=O) groups is 3. The Morgan fingerprint density at radius 1 is 1.15 bits per heavy atom. The third-order valence-corrected chi connectivity index (χ3v) is 9.28. The number of amides is 2. The Hall–Kier alpha value is -3.17. The summed E-state index contributed by atoms with van der Waals surface area (Å²) in [5.41, 5.74) is -0.354. The third kappa shape index (κ3) is 4.97. The highest BCUT2D eigenvalue weighted by Crippen LogP contribution is 2.64. The van der Waals surface area contributed by atoms with Crippen LogP contribution < -0.4 is 9.80 Å². The Labute approximate surface area is 243 Å². The van der Waals surface area contributed by atoms with Gasteiger partial charge in [0, 0.05) is 31.0 Å². The van der Waals surface area contributed by atoms with E-state index < -0.39 is 41.1 Å². The zero-order valence-corrected chi connectivity index (χ0v) is 24.9. The van der Waals surface area contributed by atoms with Crippen LogP contribution in [0.1, 0.15) is 53.4 Å². The largest absolute Gasteiger partial charge is 0.465 e. The molecule has 0 saturated carbocycles. The fourth-order valence-electron chi connectivity index (χ4n) is 7.22. The summed E-state index contributed by atoms with van der Waals surface area (Å²) in [4.78, 5) is 47.6. The lowest BCUT2D eigenvalue weighted by atomic mass is 9.65. The van der Waals surface area contributed by atoms with Gasteiger partial charge in [-0.2, -0.15) is 0 Å². The topological polar surface area (TPSA) is 99.6 Å². The summed E-state index contributed by atoms with van der Waals surface area (Å²) in [6, 6.07) is 6.12. The van der Waals surface area contributed by atoms with Crippen LogP contribution in [0, 0.1) is 11.8 Å². The summed E-state index contributed by atoms with van der Waals surface area (Å²) in [5, 5.41) is 10.2. The highest BCUT2D eigenvalue weighted by atomic mass is 16.6. The predicted molar refractivity (Wildman–Crippen MR) is 159 cm³/mol. The molecule has 224 valence electrons. The number of anilines is 2. The van der Waals surface area contributed by atoms with E-state index in [-0.39, 0.29) is 31.6 Å². The van der Waals surface area contributed by atoms with Crippen molar-refractivity contribution in [3.8, 4) is 0 Å². The zero-order valence-electron chi connectivity index (χ0n) is 24.9. The maximum Gasteiger partial charge on any atom is 0.312 e. The van der Waals surface area contributed by atoms with Crippen molar-refractivity contribution >= 4 is 29.2 Å². The van der Waals surface area contributed by atoms with Crippen LogP contribution in [0.2, 0.25) is 0 Å². The first-order chi connectivity index (χ1) is 19.7. The van der Waals surface area contributed by atoms with Gasteiger partial charge in [-0.3, -0.25) is 14.4 Å². The fourth-order valence-corrected chi connectivity index (χ4v) is 7.22. The van der Waals surface area contributed by atoms with Crippen LogP contribution in [0.5, 0.6) is 0 Å². The summed E-state index contributed by atoms with van der Waals surface area (Å²) in [6.45, 7) is 17.2. The van der Waals surface area contributed by atoms with E-state index in [0.29, 0.717) is 31.4 Å². The molecule has 1 aromatic carbocycles. The smallest absolute Gasteiger partial charge is 0.312 e. The van der Waals surface area contributed by atoms with E-state index >= 15 is 0 Å². The van der Waals surface area contributed by atoms with Crippen molar-refractivity contribution in [1.82, 2.24) is 4.90 Å². The van der Waals surface area contributed by atoms with Gasteiger partial charge in [-0.15, -0.1) is 13.2 Å². The second-order valence-electron chi connectivity index (χ2n) is 11.3. The highest BCUT2D eigenvalue weighted by Gasteiger charge is 2.79. The molecule has 3 heterocycles. The maximum absolute atomic E-state index is 14.6. The van der Waals surface area contributed by atoms with E-state index in [0.717, 1.165) is 18.8 Å². The van der Waals surface area contributed by atoms with Gasteiger partial charge in [-0.05, 0) is 70.7 Å². The van der Waals surface area contributed by atoms with Crippen molar-refractivity contribution in [1.29, 1.82) is 0 Å². The first-order valence-electron chi connectivity index (χ1n) is 14.9. The number of benzene rings is 1. The highest BCUT2D eigenvalue weighted by molar-refractivity contribution is 6.05. The van der Waals surface area contributed by atoms with Crippen LogP contribution >= 0.6 is 0 Å². The third-order valence-electron chi connectivity index (χ3n) is 9.28. The molecule has 0 aliphatic carbocycles. The van der Waals surface area contributed by atoms with Crippen LogP contribution in [0.4, 0.5) is 11.4 Å². The van der Waals surface area contributed by atoms with Crippen molar-refractivity contribution in [2.24, 2.45) is 11.8 Å². The Balaban J connectivity index is 1.77. The molecule has 2 amide bonds. The average molecular weight is 568 g/mol. The van der Waals surface area contributed by atoms with Crippen LogP contribution in [0.3, 0.4) is 0 Å². The van der Waals surface area contributed by atoms with Crippen molar-refractivity contribution in [3.05, 3.63) is 49.6 Å². The minimum Gasteiger partial charge on any atom is -0.465 e. The molecule has 9 nitrogen and oxygen atoms in total. The molecule has 2 unspecified atom stereocenters. The number of fused-ring (bicyclic) bond motifs is 1. The van der Waals surface area contributed by atoms with E-state index in [1.54, 1.807) is 24.0 Å². The number of carbonyl (C=O) groups excluding carboxylic acids is 3. The van der Waals surface area contributed by atoms with Gasteiger partial charge in [0.2, 0.25) is 5.91 Å². The lowest BCUT2D eigenvalue weighted by Gasteiger charge is -2.38. The average Bonchev–Trinajstić information content (AvgIpc) is 3.60.